The molecule has 1 fully saturated rings. The van der Waals surface area contributed by atoms with Crippen LogP contribution in [0, 0.1) is 0 Å². The van der Waals surface area contributed by atoms with Crippen LogP contribution in [-0.2, 0) is 0 Å². The zero-order valence-electron chi connectivity index (χ0n) is 17.2. The monoisotopic (exact) mass is 413 g/mol. The van der Waals surface area contributed by atoms with Crippen LogP contribution in [0.1, 0.15) is 6.42 Å². The van der Waals surface area contributed by atoms with E-state index in [-0.39, 0.29) is 5.56 Å². The molecule has 156 valence electrons. The second-order valence-corrected chi connectivity index (χ2v) is 7.62. The first kappa shape index (κ1) is 19.3. The number of anilines is 1. The molecule has 2 aromatic heterocycles. The Morgan fingerprint density at radius 3 is 2.65 bits per heavy atom. The lowest BCUT2D eigenvalue weighted by Crippen LogP contribution is -2.29. The number of hydrogen-bond acceptors (Lipinski definition) is 6. The number of benzene rings is 2. The maximum Gasteiger partial charge on any atom is 0.279 e. The molecule has 31 heavy (non-hydrogen) atoms. The average Bonchev–Trinajstić information content (AvgIpc) is 3.30. The van der Waals surface area contributed by atoms with E-state index in [2.05, 4.69) is 20.3 Å². The summed E-state index contributed by atoms with van der Waals surface area (Å²) in [5.41, 5.74) is 0.458. The highest BCUT2D eigenvalue weighted by Gasteiger charge is 2.22. The summed E-state index contributed by atoms with van der Waals surface area (Å²) >= 11 is 0. The normalized spacial score (nSPS) is 16.0. The summed E-state index contributed by atoms with van der Waals surface area (Å²) in [7, 11) is 1.99. The maximum absolute atomic E-state index is 13.0. The highest BCUT2D eigenvalue weighted by molar-refractivity contribution is 5.82. The molecule has 7 nitrogen and oxygen atoms in total. The minimum absolute atomic E-state index is 0.185. The van der Waals surface area contributed by atoms with Gasteiger partial charge in [-0.3, -0.25) is 4.79 Å². The van der Waals surface area contributed by atoms with E-state index >= 15 is 0 Å². The standard InChI is InChI=1S/C24H23N5O2/c1-25-18-11-12-28(16-18)23-10-7-19(15-26-23)29-24(30)22-9-8-21(13-17(22)14-27-29)31-20-5-3-2-4-6-20/h2-10,13-15,18,25H,11-12,16H2,1H3. The van der Waals surface area contributed by atoms with Crippen molar-refractivity contribution in [3.05, 3.63) is 83.4 Å². The van der Waals surface area contributed by atoms with E-state index in [1.165, 1.54) is 4.68 Å². The van der Waals surface area contributed by atoms with E-state index < -0.39 is 0 Å². The molecule has 1 atom stereocenters. The van der Waals surface area contributed by atoms with Crippen LogP contribution in [0.15, 0.2) is 77.9 Å². The van der Waals surface area contributed by atoms with Crippen molar-refractivity contribution in [1.82, 2.24) is 20.1 Å². The van der Waals surface area contributed by atoms with Crippen LogP contribution < -0.4 is 20.5 Å². The van der Waals surface area contributed by atoms with Gasteiger partial charge in [-0.1, -0.05) is 18.2 Å². The lowest BCUT2D eigenvalue weighted by Gasteiger charge is -2.17. The highest BCUT2D eigenvalue weighted by atomic mass is 16.5. The molecule has 1 aliphatic rings. The second-order valence-electron chi connectivity index (χ2n) is 7.62. The molecule has 1 aliphatic heterocycles. The van der Waals surface area contributed by atoms with Gasteiger partial charge in [-0.15, -0.1) is 0 Å². The molecule has 0 aliphatic carbocycles. The molecule has 0 radical (unpaired) electrons. The Balaban J connectivity index is 1.41. The topological polar surface area (TPSA) is 72.3 Å². The molecule has 2 aromatic carbocycles. The molecule has 5 rings (SSSR count). The number of nitrogens with one attached hydrogen (secondary N) is 1. The van der Waals surface area contributed by atoms with Gasteiger partial charge in [-0.05, 0) is 55.9 Å². The number of nitrogens with zero attached hydrogens (tertiary/aromatic N) is 4. The van der Waals surface area contributed by atoms with Crippen molar-refractivity contribution in [2.75, 3.05) is 25.0 Å². The first-order valence-corrected chi connectivity index (χ1v) is 10.3. The second kappa shape index (κ2) is 8.20. The number of rotatable bonds is 5. The molecule has 3 heterocycles. The van der Waals surface area contributed by atoms with Gasteiger partial charge in [0.15, 0.2) is 0 Å². The highest BCUT2D eigenvalue weighted by Crippen LogP contribution is 2.24. The van der Waals surface area contributed by atoms with E-state index in [1.807, 2.05) is 55.6 Å². The molecule has 4 aromatic rings. The SMILES string of the molecule is CNC1CCN(c2ccc(-n3ncc4cc(Oc5ccccc5)ccc4c3=O)cn2)C1. The van der Waals surface area contributed by atoms with Crippen molar-refractivity contribution in [2.24, 2.45) is 0 Å². The molecule has 1 N–H and O–H groups in total. The van der Waals surface area contributed by atoms with Gasteiger partial charge in [0.1, 0.15) is 17.3 Å². The van der Waals surface area contributed by atoms with Gasteiger partial charge in [0.2, 0.25) is 0 Å². The van der Waals surface area contributed by atoms with Gasteiger partial charge in [0.25, 0.3) is 5.56 Å². The largest absolute Gasteiger partial charge is 0.457 e. The van der Waals surface area contributed by atoms with E-state index in [9.17, 15) is 4.79 Å². The Bertz CT molecular complexity index is 1250. The van der Waals surface area contributed by atoms with Crippen LogP contribution in [0.2, 0.25) is 0 Å². The predicted molar refractivity (Wildman–Crippen MR) is 121 cm³/mol. The van der Waals surface area contributed by atoms with Crippen LogP contribution >= 0.6 is 0 Å². The molecule has 7 heteroatoms. The molecular formula is C24H23N5O2. The van der Waals surface area contributed by atoms with E-state index in [0.29, 0.717) is 22.9 Å². The zero-order chi connectivity index (χ0) is 21.2. The number of aromatic nitrogens is 3. The molecule has 1 saturated heterocycles. The van der Waals surface area contributed by atoms with E-state index in [0.717, 1.165) is 36.5 Å². The maximum atomic E-state index is 13.0. The predicted octanol–water partition coefficient (Wildman–Crippen LogP) is 3.37. The molecule has 1 unspecified atom stereocenters. The third-order valence-electron chi connectivity index (χ3n) is 5.63. The molecule has 0 spiro atoms. The zero-order valence-corrected chi connectivity index (χ0v) is 17.2. The van der Waals surface area contributed by atoms with Gasteiger partial charge in [0, 0.05) is 24.5 Å². The number of fused-ring (bicyclic) bond motifs is 1. The fourth-order valence-electron chi connectivity index (χ4n) is 3.90. The van der Waals surface area contributed by atoms with Crippen LogP contribution in [-0.4, -0.2) is 40.9 Å². The summed E-state index contributed by atoms with van der Waals surface area (Å²) in [4.78, 5) is 19.8. The summed E-state index contributed by atoms with van der Waals surface area (Å²) in [6.45, 7) is 1.91. The van der Waals surface area contributed by atoms with Crippen LogP contribution in [0.3, 0.4) is 0 Å². The third-order valence-corrected chi connectivity index (χ3v) is 5.63. The summed E-state index contributed by atoms with van der Waals surface area (Å²) in [5, 5.41) is 8.98. The smallest absolute Gasteiger partial charge is 0.279 e. The Morgan fingerprint density at radius 1 is 1.03 bits per heavy atom. The molecule has 0 saturated carbocycles. The number of pyridine rings is 1. The lowest BCUT2D eigenvalue weighted by atomic mass is 10.2. The van der Waals surface area contributed by atoms with Crippen molar-refractivity contribution >= 4 is 16.6 Å². The summed E-state index contributed by atoms with van der Waals surface area (Å²) in [6, 6.07) is 19.3. The summed E-state index contributed by atoms with van der Waals surface area (Å²) in [6.07, 6.45) is 4.48. The Kier molecular flexibility index (Phi) is 5.09. The lowest BCUT2D eigenvalue weighted by molar-refractivity contribution is 0.483. The minimum atomic E-state index is -0.185. The van der Waals surface area contributed by atoms with Crippen molar-refractivity contribution in [3.8, 4) is 17.2 Å². The van der Waals surface area contributed by atoms with Gasteiger partial charge >= 0.3 is 0 Å². The van der Waals surface area contributed by atoms with E-state index in [4.69, 9.17) is 4.74 Å². The first-order valence-electron chi connectivity index (χ1n) is 10.3. The number of para-hydroxylation sites is 1. The molecular weight excluding hydrogens is 390 g/mol. The first-order chi connectivity index (χ1) is 15.2. The number of likely N-dealkylation sites (N-methyl/N-ethyl adjacent to an activating group) is 1. The van der Waals surface area contributed by atoms with Gasteiger partial charge < -0.3 is 15.0 Å². The van der Waals surface area contributed by atoms with Gasteiger partial charge in [-0.25, -0.2) is 4.98 Å². The van der Waals surface area contributed by atoms with Crippen molar-refractivity contribution in [1.29, 1.82) is 0 Å². The van der Waals surface area contributed by atoms with Crippen molar-refractivity contribution in [3.63, 3.8) is 0 Å². The molecule has 0 amide bonds. The van der Waals surface area contributed by atoms with Crippen molar-refractivity contribution < 1.29 is 4.74 Å². The fraction of sp³-hybridized carbons (Fsp3) is 0.208. The quantitative estimate of drug-likeness (QED) is 0.541. The average molecular weight is 413 g/mol. The fourth-order valence-corrected chi connectivity index (χ4v) is 3.90. The minimum Gasteiger partial charge on any atom is -0.457 e. The Labute approximate surface area is 179 Å². The van der Waals surface area contributed by atoms with Gasteiger partial charge in [0.05, 0.1) is 23.5 Å². The van der Waals surface area contributed by atoms with Crippen LogP contribution in [0.25, 0.3) is 16.5 Å². The Hall–Kier alpha value is -3.71. The van der Waals surface area contributed by atoms with Crippen LogP contribution in [0.4, 0.5) is 5.82 Å². The number of ether oxygens (including phenoxy) is 1. The summed E-state index contributed by atoms with van der Waals surface area (Å²) in [5.74, 6) is 2.32. The summed E-state index contributed by atoms with van der Waals surface area (Å²) < 4.78 is 7.25. The molecule has 0 bridgehead atoms. The van der Waals surface area contributed by atoms with E-state index in [1.54, 1.807) is 24.5 Å². The third kappa shape index (κ3) is 3.87. The van der Waals surface area contributed by atoms with Crippen molar-refractivity contribution in [2.45, 2.75) is 12.5 Å². The Morgan fingerprint density at radius 2 is 1.90 bits per heavy atom. The number of hydrogen-bond donors (Lipinski definition) is 1. The van der Waals surface area contributed by atoms with Crippen LogP contribution in [0.5, 0.6) is 11.5 Å². The van der Waals surface area contributed by atoms with Gasteiger partial charge in [-0.2, -0.15) is 9.78 Å².